The molecule has 0 aromatic carbocycles. The second-order valence-electron chi connectivity index (χ2n) is 6.55. The van der Waals surface area contributed by atoms with E-state index in [0.29, 0.717) is 31.8 Å². The molecule has 7 nitrogen and oxygen atoms in total. The Balaban J connectivity index is 1.41. The predicted molar refractivity (Wildman–Crippen MR) is 85.6 cm³/mol. The number of amides is 1. The molecule has 2 atom stereocenters. The third-order valence-corrected chi connectivity index (χ3v) is 4.82. The Morgan fingerprint density at radius 3 is 3.08 bits per heavy atom. The Labute approximate surface area is 144 Å². The fourth-order valence-corrected chi connectivity index (χ4v) is 3.54. The van der Waals surface area contributed by atoms with Crippen molar-refractivity contribution in [3.63, 3.8) is 0 Å². The maximum atomic E-state index is 13.7. The van der Waals surface area contributed by atoms with Crippen molar-refractivity contribution >= 4 is 5.91 Å². The largest absolute Gasteiger partial charge is 0.470 e. The standard InChI is InChI=1S/C17H19FN4O3/c1-21-14(4-7-20-21)16(23)22-8-5-17(11-22)9-12(10-24-17)25-15-13(18)3-2-6-19-15/h2-4,6-7,12H,5,8-11H2,1H3/t12-,17-/m0/s1. The Kier molecular flexibility index (Phi) is 3.91. The summed E-state index contributed by atoms with van der Waals surface area (Å²) in [5, 5.41) is 4.04. The second-order valence-corrected chi connectivity index (χ2v) is 6.55. The van der Waals surface area contributed by atoms with Crippen LogP contribution < -0.4 is 4.74 Å². The maximum Gasteiger partial charge on any atom is 0.272 e. The van der Waals surface area contributed by atoms with Crippen LogP contribution in [0.5, 0.6) is 5.88 Å². The van der Waals surface area contributed by atoms with Crippen molar-refractivity contribution in [2.24, 2.45) is 7.05 Å². The van der Waals surface area contributed by atoms with Crippen molar-refractivity contribution in [2.45, 2.75) is 24.5 Å². The van der Waals surface area contributed by atoms with Gasteiger partial charge < -0.3 is 14.4 Å². The van der Waals surface area contributed by atoms with Gasteiger partial charge in [-0.25, -0.2) is 9.37 Å². The van der Waals surface area contributed by atoms with E-state index in [0.717, 1.165) is 6.42 Å². The lowest BCUT2D eigenvalue weighted by atomic mass is 9.98. The molecule has 4 rings (SSSR count). The van der Waals surface area contributed by atoms with E-state index in [-0.39, 0.29) is 17.9 Å². The molecule has 25 heavy (non-hydrogen) atoms. The first-order chi connectivity index (χ1) is 12.1. The minimum Gasteiger partial charge on any atom is -0.470 e. The van der Waals surface area contributed by atoms with Crippen molar-refractivity contribution in [3.05, 3.63) is 42.1 Å². The quantitative estimate of drug-likeness (QED) is 0.840. The molecule has 2 aliphatic heterocycles. The van der Waals surface area contributed by atoms with Crippen LogP contribution in [-0.2, 0) is 11.8 Å². The van der Waals surface area contributed by atoms with Gasteiger partial charge in [-0.05, 0) is 24.6 Å². The number of likely N-dealkylation sites (tertiary alicyclic amines) is 1. The number of carbonyl (C=O) groups excluding carboxylic acids is 1. The molecule has 0 radical (unpaired) electrons. The number of carbonyl (C=O) groups is 1. The van der Waals surface area contributed by atoms with Gasteiger partial charge in [0.15, 0.2) is 5.82 Å². The van der Waals surface area contributed by atoms with E-state index in [1.54, 1.807) is 28.9 Å². The van der Waals surface area contributed by atoms with E-state index in [2.05, 4.69) is 10.1 Å². The first-order valence-electron chi connectivity index (χ1n) is 8.25. The molecule has 0 unspecified atom stereocenters. The first-order valence-corrected chi connectivity index (χ1v) is 8.25. The lowest BCUT2D eigenvalue weighted by Gasteiger charge is -2.23. The van der Waals surface area contributed by atoms with Crippen LogP contribution in [0, 0.1) is 5.82 Å². The van der Waals surface area contributed by atoms with Gasteiger partial charge in [0, 0.05) is 32.4 Å². The van der Waals surface area contributed by atoms with Gasteiger partial charge in [-0.3, -0.25) is 9.48 Å². The minimum atomic E-state index is -0.483. The third kappa shape index (κ3) is 2.97. The zero-order chi connectivity index (χ0) is 17.4. The number of pyridine rings is 1. The van der Waals surface area contributed by atoms with Crippen LogP contribution in [0.25, 0.3) is 0 Å². The fourth-order valence-electron chi connectivity index (χ4n) is 3.54. The SMILES string of the molecule is Cn1nccc1C(=O)N1CC[C@]2(C[C@H](Oc3ncccc3F)CO2)C1. The van der Waals surface area contributed by atoms with Gasteiger partial charge in [-0.15, -0.1) is 0 Å². The molecule has 2 aromatic heterocycles. The van der Waals surface area contributed by atoms with Gasteiger partial charge in [-0.1, -0.05) is 0 Å². The van der Waals surface area contributed by atoms with E-state index in [4.69, 9.17) is 9.47 Å². The minimum absolute atomic E-state index is 0.00559. The molecule has 132 valence electrons. The van der Waals surface area contributed by atoms with Crippen LogP contribution in [0.15, 0.2) is 30.6 Å². The molecular weight excluding hydrogens is 327 g/mol. The number of hydrogen-bond donors (Lipinski definition) is 0. The molecule has 0 saturated carbocycles. The average molecular weight is 346 g/mol. The summed E-state index contributed by atoms with van der Waals surface area (Å²) >= 11 is 0. The first kappa shape index (κ1) is 16.0. The molecule has 0 aliphatic carbocycles. The number of nitrogens with zero attached hydrogens (tertiary/aromatic N) is 4. The van der Waals surface area contributed by atoms with Gasteiger partial charge in [-0.2, -0.15) is 5.10 Å². The zero-order valence-electron chi connectivity index (χ0n) is 13.9. The number of aromatic nitrogens is 3. The number of rotatable bonds is 3. The molecule has 1 spiro atoms. The predicted octanol–water partition coefficient (Wildman–Crippen LogP) is 1.41. The molecule has 2 fully saturated rings. The van der Waals surface area contributed by atoms with Crippen molar-refractivity contribution in [3.8, 4) is 5.88 Å². The topological polar surface area (TPSA) is 69.5 Å². The van der Waals surface area contributed by atoms with Crippen LogP contribution in [0.4, 0.5) is 4.39 Å². The highest BCUT2D eigenvalue weighted by Gasteiger charge is 2.48. The molecule has 2 aliphatic rings. The summed E-state index contributed by atoms with van der Waals surface area (Å²) in [5.74, 6) is -0.544. The molecule has 2 saturated heterocycles. The average Bonchev–Trinajstić information content (AvgIpc) is 3.31. The number of hydrogen-bond acceptors (Lipinski definition) is 5. The summed E-state index contributed by atoms with van der Waals surface area (Å²) in [6.07, 6.45) is 4.18. The number of ether oxygens (including phenoxy) is 2. The highest BCUT2D eigenvalue weighted by molar-refractivity contribution is 5.92. The van der Waals surface area contributed by atoms with Crippen LogP contribution in [0.3, 0.4) is 0 Å². The Morgan fingerprint density at radius 1 is 1.44 bits per heavy atom. The van der Waals surface area contributed by atoms with Crippen molar-refractivity contribution in [1.82, 2.24) is 19.7 Å². The van der Waals surface area contributed by atoms with E-state index >= 15 is 0 Å². The molecule has 4 heterocycles. The van der Waals surface area contributed by atoms with E-state index in [1.165, 1.54) is 18.3 Å². The molecule has 0 N–H and O–H groups in total. The van der Waals surface area contributed by atoms with E-state index in [9.17, 15) is 9.18 Å². The van der Waals surface area contributed by atoms with Crippen LogP contribution >= 0.6 is 0 Å². The Bertz CT molecular complexity index is 796. The maximum absolute atomic E-state index is 13.7. The van der Waals surface area contributed by atoms with Crippen molar-refractivity contribution in [2.75, 3.05) is 19.7 Å². The fraction of sp³-hybridized carbons (Fsp3) is 0.471. The number of halogens is 1. The third-order valence-electron chi connectivity index (χ3n) is 4.82. The number of aryl methyl sites for hydroxylation is 1. The zero-order valence-corrected chi connectivity index (χ0v) is 13.9. The van der Waals surface area contributed by atoms with Crippen molar-refractivity contribution < 1.29 is 18.7 Å². The van der Waals surface area contributed by atoms with Crippen molar-refractivity contribution in [1.29, 1.82) is 0 Å². The highest BCUT2D eigenvalue weighted by atomic mass is 19.1. The molecule has 1 amide bonds. The van der Waals surface area contributed by atoms with Gasteiger partial charge in [0.2, 0.25) is 0 Å². The second kappa shape index (κ2) is 6.11. The molecular formula is C17H19FN4O3. The summed E-state index contributed by atoms with van der Waals surface area (Å²) < 4.78 is 26.9. The lowest BCUT2D eigenvalue weighted by molar-refractivity contribution is 0.00965. The summed E-state index contributed by atoms with van der Waals surface area (Å²) in [5.41, 5.74) is 0.128. The van der Waals surface area contributed by atoms with Gasteiger partial charge in [0.25, 0.3) is 11.8 Å². The van der Waals surface area contributed by atoms with Crippen LogP contribution in [0.1, 0.15) is 23.3 Å². The summed E-state index contributed by atoms with van der Waals surface area (Å²) in [6, 6.07) is 4.55. The van der Waals surface area contributed by atoms with Gasteiger partial charge in [0.05, 0.1) is 18.8 Å². The Hall–Kier alpha value is -2.48. The van der Waals surface area contributed by atoms with E-state index in [1.807, 2.05) is 0 Å². The summed E-state index contributed by atoms with van der Waals surface area (Å²) in [7, 11) is 1.75. The van der Waals surface area contributed by atoms with Crippen LogP contribution in [-0.4, -0.2) is 57.0 Å². The van der Waals surface area contributed by atoms with Gasteiger partial charge in [0.1, 0.15) is 11.8 Å². The lowest BCUT2D eigenvalue weighted by Crippen LogP contribution is -2.36. The van der Waals surface area contributed by atoms with E-state index < -0.39 is 11.4 Å². The summed E-state index contributed by atoms with van der Waals surface area (Å²) in [4.78, 5) is 18.3. The molecule has 0 bridgehead atoms. The van der Waals surface area contributed by atoms with Gasteiger partial charge >= 0.3 is 0 Å². The Morgan fingerprint density at radius 2 is 2.32 bits per heavy atom. The highest BCUT2D eigenvalue weighted by Crippen LogP contribution is 2.37. The van der Waals surface area contributed by atoms with Crippen LogP contribution in [0.2, 0.25) is 0 Å². The monoisotopic (exact) mass is 346 g/mol. The smallest absolute Gasteiger partial charge is 0.272 e. The molecule has 2 aromatic rings. The summed E-state index contributed by atoms with van der Waals surface area (Å²) in [6.45, 7) is 1.49. The normalized spacial score (nSPS) is 25.7. The molecule has 8 heteroatoms.